The molecule has 0 spiro atoms. The lowest BCUT2D eigenvalue weighted by Crippen LogP contribution is -2.52. The van der Waals surface area contributed by atoms with Gasteiger partial charge in [-0.2, -0.15) is 12.9 Å². The molecule has 0 amide bonds. The minimum Gasteiger partial charge on any atom is -0.315 e. The molecule has 0 radical (unpaired) electrons. The molecule has 3 fully saturated rings. The van der Waals surface area contributed by atoms with Gasteiger partial charge in [-0.05, 0) is 109 Å². The van der Waals surface area contributed by atoms with E-state index in [2.05, 4.69) is 30.9 Å². The highest BCUT2D eigenvalue weighted by Gasteiger charge is 2.34. The van der Waals surface area contributed by atoms with Gasteiger partial charge in [0.1, 0.15) is 0 Å². The molecule has 18 heteroatoms. The smallest absolute Gasteiger partial charge is 0.244 e. The van der Waals surface area contributed by atoms with Gasteiger partial charge < -0.3 is 16.0 Å². The fourth-order valence-corrected chi connectivity index (χ4v) is 15.0. The predicted molar refractivity (Wildman–Crippen MR) is 262 cm³/mol. The van der Waals surface area contributed by atoms with E-state index in [0.29, 0.717) is 60.5 Å². The van der Waals surface area contributed by atoms with Gasteiger partial charge in [0.15, 0.2) is 0 Å². The zero-order valence-electron chi connectivity index (χ0n) is 38.7. The van der Waals surface area contributed by atoms with Crippen LogP contribution in [0.25, 0.3) is 32.3 Å². The highest BCUT2D eigenvalue weighted by Crippen LogP contribution is 2.32. The lowest BCUT2D eigenvalue weighted by atomic mass is 10.1. The number of pyridine rings is 3. The molecule has 6 heterocycles. The lowest BCUT2D eigenvalue weighted by molar-refractivity contribution is 0.284. The third kappa shape index (κ3) is 10.5. The van der Waals surface area contributed by atoms with Crippen LogP contribution in [0, 0.1) is 20.8 Å². The minimum absolute atomic E-state index is 0.0406. The number of sulfonamides is 3. The number of hydrogen-bond donors (Lipinski definition) is 3. The molecule has 3 aliphatic rings. The van der Waals surface area contributed by atoms with E-state index in [1.54, 1.807) is 86.5 Å². The van der Waals surface area contributed by atoms with Gasteiger partial charge in [-0.3, -0.25) is 15.0 Å². The summed E-state index contributed by atoms with van der Waals surface area (Å²) in [4.78, 5) is 13.6. The first-order valence-electron chi connectivity index (χ1n) is 22.7. The molecule has 0 aliphatic carbocycles. The Hall–Kier alpha value is -4.50. The SMILES string of the molecule is Cc1cncc2cccc(S(=O)(=O)N3CCCCNC[C@@H]3C)c12.Cc1cncc2cccc(S(=O)(=O)N3CCCNC[C@@H]3C)c12.Cc1cncc2cccc(S(=O)(=O)N3CCNC[C@@H]3C)c12. The summed E-state index contributed by atoms with van der Waals surface area (Å²) in [6.07, 6.45) is 13.0. The van der Waals surface area contributed by atoms with Gasteiger partial charge in [-0.25, -0.2) is 25.3 Å². The molecule has 3 aromatic heterocycles. The van der Waals surface area contributed by atoms with Gasteiger partial charge in [0.2, 0.25) is 30.1 Å². The quantitative estimate of drug-likeness (QED) is 0.184. The average Bonchev–Trinajstić information content (AvgIpc) is 3.52. The van der Waals surface area contributed by atoms with Crippen molar-refractivity contribution in [2.24, 2.45) is 0 Å². The second kappa shape index (κ2) is 21.2. The van der Waals surface area contributed by atoms with E-state index >= 15 is 0 Å². The number of aryl methyl sites for hydroxylation is 3. The molecule has 3 aromatic carbocycles. The third-order valence-electron chi connectivity index (χ3n) is 12.6. The fourth-order valence-electron chi connectivity index (χ4n) is 9.18. The first-order chi connectivity index (χ1) is 31.5. The Bertz CT molecular complexity index is 2990. The van der Waals surface area contributed by atoms with E-state index in [4.69, 9.17) is 0 Å². The number of aromatic nitrogens is 3. The number of piperazine rings is 1. The second-order valence-electron chi connectivity index (χ2n) is 17.5. The maximum absolute atomic E-state index is 13.3. The Morgan fingerprint density at radius 3 is 1.17 bits per heavy atom. The molecule has 0 saturated carbocycles. The van der Waals surface area contributed by atoms with Crippen molar-refractivity contribution in [1.82, 2.24) is 43.8 Å². The molecule has 3 aliphatic heterocycles. The minimum atomic E-state index is -3.53. The normalized spacial score (nSPS) is 20.9. The van der Waals surface area contributed by atoms with Crippen molar-refractivity contribution in [2.75, 3.05) is 58.9 Å². The number of benzene rings is 3. The second-order valence-corrected chi connectivity index (χ2v) is 23.1. The molecular formula is C48H63N9O6S3. The molecular weight excluding hydrogens is 895 g/mol. The highest BCUT2D eigenvalue weighted by molar-refractivity contribution is 7.90. The Morgan fingerprint density at radius 1 is 0.439 bits per heavy atom. The van der Waals surface area contributed by atoms with E-state index in [1.165, 1.54) is 0 Å². The highest BCUT2D eigenvalue weighted by atomic mass is 32.2. The van der Waals surface area contributed by atoms with Gasteiger partial charge in [0, 0.05) is 133 Å². The summed E-state index contributed by atoms with van der Waals surface area (Å²) < 4.78 is 84.0. The van der Waals surface area contributed by atoms with E-state index in [1.807, 2.05) is 59.7 Å². The topological polar surface area (TPSA) is 187 Å². The van der Waals surface area contributed by atoms with Crippen LogP contribution in [0.5, 0.6) is 0 Å². The monoisotopic (exact) mass is 957 g/mol. The lowest BCUT2D eigenvalue weighted by Gasteiger charge is -2.33. The largest absolute Gasteiger partial charge is 0.315 e. The van der Waals surface area contributed by atoms with Crippen molar-refractivity contribution in [2.45, 2.75) is 93.6 Å². The number of fused-ring (bicyclic) bond motifs is 3. The summed E-state index contributed by atoms with van der Waals surface area (Å²) in [5, 5.41) is 14.8. The number of rotatable bonds is 6. The molecule has 0 bridgehead atoms. The van der Waals surface area contributed by atoms with Crippen LogP contribution >= 0.6 is 0 Å². The average molecular weight is 958 g/mol. The van der Waals surface area contributed by atoms with Crippen molar-refractivity contribution < 1.29 is 25.3 Å². The molecule has 3 N–H and O–H groups in total. The van der Waals surface area contributed by atoms with Gasteiger partial charge >= 0.3 is 0 Å². The molecule has 354 valence electrons. The summed E-state index contributed by atoms with van der Waals surface area (Å²) in [7, 11) is -10.5. The molecule has 0 unspecified atom stereocenters. The van der Waals surface area contributed by atoms with Gasteiger partial charge in [0.25, 0.3) is 0 Å². The van der Waals surface area contributed by atoms with E-state index in [9.17, 15) is 25.3 Å². The van der Waals surface area contributed by atoms with Crippen LogP contribution in [-0.2, 0) is 30.1 Å². The van der Waals surface area contributed by atoms with Crippen LogP contribution in [0.3, 0.4) is 0 Å². The molecule has 66 heavy (non-hydrogen) atoms. The van der Waals surface area contributed by atoms with E-state index in [0.717, 1.165) is 81.4 Å². The summed E-state index contributed by atoms with van der Waals surface area (Å²) in [5.74, 6) is 0. The number of nitrogens with one attached hydrogen (secondary N) is 3. The van der Waals surface area contributed by atoms with Crippen molar-refractivity contribution in [1.29, 1.82) is 0 Å². The van der Waals surface area contributed by atoms with Crippen LogP contribution in [0.4, 0.5) is 0 Å². The Balaban J connectivity index is 0.000000147. The maximum atomic E-state index is 13.3. The fraction of sp³-hybridized carbons (Fsp3) is 0.438. The molecule has 9 rings (SSSR count). The van der Waals surface area contributed by atoms with Crippen molar-refractivity contribution in [3.63, 3.8) is 0 Å². The number of hydrogen-bond acceptors (Lipinski definition) is 12. The summed E-state index contributed by atoms with van der Waals surface area (Å²) in [6.45, 7) is 17.8. The first kappa shape index (κ1) is 49.4. The van der Waals surface area contributed by atoms with Gasteiger partial charge in [-0.15, -0.1) is 0 Å². The van der Waals surface area contributed by atoms with Crippen LogP contribution < -0.4 is 16.0 Å². The molecule has 3 saturated heterocycles. The summed E-state index contributed by atoms with van der Waals surface area (Å²) >= 11 is 0. The zero-order chi connectivity index (χ0) is 47.2. The van der Waals surface area contributed by atoms with Crippen molar-refractivity contribution in [3.05, 3.63) is 108 Å². The maximum Gasteiger partial charge on any atom is 0.244 e. The number of nitrogens with zero attached hydrogens (tertiary/aromatic N) is 6. The van der Waals surface area contributed by atoms with Gasteiger partial charge in [0.05, 0.1) is 14.7 Å². The molecule has 6 aromatic rings. The Morgan fingerprint density at radius 2 is 0.773 bits per heavy atom. The first-order valence-corrected chi connectivity index (χ1v) is 27.0. The Kier molecular flexibility index (Phi) is 15.9. The van der Waals surface area contributed by atoms with Crippen LogP contribution in [0.15, 0.2) is 106 Å². The van der Waals surface area contributed by atoms with Crippen molar-refractivity contribution >= 4 is 62.4 Å². The van der Waals surface area contributed by atoms with Crippen LogP contribution in [0.1, 0.15) is 56.7 Å². The van der Waals surface area contributed by atoms with Crippen LogP contribution in [0.2, 0.25) is 0 Å². The zero-order valence-corrected chi connectivity index (χ0v) is 41.2. The van der Waals surface area contributed by atoms with E-state index in [-0.39, 0.29) is 18.1 Å². The van der Waals surface area contributed by atoms with E-state index < -0.39 is 30.1 Å². The summed E-state index contributed by atoms with van der Waals surface area (Å²) in [5.41, 5.74) is 2.66. The van der Waals surface area contributed by atoms with Crippen molar-refractivity contribution in [3.8, 4) is 0 Å². The van der Waals surface area contributed by atoms with Gasteiger partial charge in [-0.1, -0.05) is 36.4 Å². The third-order valence-corrected chi connectivity index (χ3v) is 18.7. The molecule has 15 nitrogen and oxygen atoms in total. The molecule has 3 atom stereocenters. The standard InChI is InChI=1S/C17H23N3O2S.C16H21N3O2S.C15H19N3O2S/c1-13-10-19-12-15-6-5-7-16(17(13)15)23(21,22)20-9-4-3-8-18-11-14(20)2;1-12-9-18-11-14-5-3-6-15(16(12)14)22(20,21)19-8-4-7-17-10-13(19)2;1-11-8-17-10-13-4-3-5-14(15(11)13)21(19,20)18-7-6-16-9-12(18)2/h5-7,10,12,14,18H,3-4,8-9,11H2,1-2H3;3,5-6,9,11,13,17H,4,7-8,10H2,1-2H3;3-5,8,10,12,16H,6-7,9H2,1-2H3/t14-;13-;12-/m000/s1. The van der Waals surface area contributed by atoms with Crippen LogP contribution in [-0.4, -0.2) is 130 Å². The predicted octanol–water partition coefficient (Wildman–Crippen LogP) is 5.75. The Labute approximate surface area is 390 Å². The summed E-state index contributed by atoms with van der Waals surface area (Å²) in [6, 6.07) is 16.0.